The summed E-state index contributed by atoms with van der Waals surface area (Å²) < 4.78 is 35.4. The molecule has 1 aromatic heterocycles. The molecule has 214 valence electrons. The fourth-order valence-electron chi connectivity index (χ4n) is 4.77. The van der Waals surface area contributed by atoms with E-state index in [1.54, 1.807) is 30.1 Å². The summed E-state index contributed by atoms with van der Waals surface area (Å²) in [5.74, 6) is -2.11. The average molecular weight is 557 g/mol. The SMILES string of the molecule is C=C(NC)C(CCC=O)c1c(F)cc(N2CC(NC(=O)OC3CN(C(=O)N(C)c4ccc(C)nc4)C3)C2)cc1F. The van der Waals surface area contributed by atoms with Crippen LogP contribution in [0, 0.1) is 18.6 Å². The lowest BCUT2D eigenvalue weighted by Gasteiger charge is -2.43. The highest BCUT2D eigenvalue weighted by Gasteiger charge is 2.37. The minimum absolute atomic E-state index is 0.126. The molecule has 12 heteroatoms. The van der Waals surface area contributed by atoms with Crippen molar-refractivity contribution in [2.75, 3.05) is 50.1 Å². The van der Waals surface area contributed by atoms with Crippen LogP contribution in [0.4, 0.5) is 29.7 Å². The van der Waals surface area contributed by atoms with E-state index in [9.17, 15) is 14.4 Å². The number of nitrogens with one attached hydrogen (secondary N) is 2. The summed E-state index contributed by atoms with van der Waals surface area (Å²) in [5, 5.41) is 5.58. The number of rotatable bonds is 10. The molecule has 0 spiro atoms. The van der Waals surface area contributed by atoms with E-state index in [0.29, 0.717) is 36.4 Å². The van der Waals surface area contributed by atoms with Gasteiger partial charge in [0.2, 0.25) is 0 Å². The highest BCUT2D eigenvalue weighted by molar-refractivity contribution is 5.91. The van der Waals surface area contributed by atoms with Crippen LogP contribution in [0.5, 0.6) is 0 Å². The number of urea groups is 1. The van der Waals surface area contributed by atoms with Gasteiger partial charge in [-0.15, -0.1) is 0 Å². The maximum Gasteiger partial charge on any atom is 0.407 e. The Labute approximate surface area is 232 Å². The maximum atomic E-state index is 15.0. The number of aryl methyl sites for hydroxylation is 1. The van der Waals surface area contributed by atoms with Gasteiger partial charge in [-0.3, -0.25) is 9.88 Å². The van der Waals surface area contributed by atoms with Crippen molar-refractivity contribution >= 4 is 29.8 Å². The van der Waals surface area contributed by atoms with Crippen LogP contribution in [-0.2, 0) is 9.53 Å². The van der Waals surface area contributed by atoms with Gasteiger partial charge in [-0.2, -0.15) is 0 Å². The van der Waals surface area contributed by atoms with Gasteiger partial charge >= 0.3 is 12.1 Å². The minimum Gasteiger partial charge on any atom is -0.442 e. The Morgan fingerprint density at radius 1 is 1.23 bits per heavy atom. The molecule has 2 aliphatic rings. The Kier molecular flexibility index (Phi) is 8.86. The number of halogens is 2. The third kappa shape index (κ3) is 6.32. The van der Waals surface area contributed by atoms with Crippen molar-refractivity contribution in [1.82, 2.24) is 20.5 Å². The molecule has 2 saturated heterocycles. The zero-order valence-corrected chi connectivity index (χ0v) is 22.8. The van der Waals surface area contributed by atoms with Gasteiger partial charge < -0.3 is 30.0 Å². The first-order chi connectivity index (χ1) is 19.1. The Balaban J connectivity index is 1.23. The molecule has 10 nitrogen and oxygen atoms in total. The molecular formula is C28H34F2N6O4. The van der Waals surface area contributed by atoms with E-state index in [0.717, 1.165) is 5.69 Å². The number of amides is 3. The minimum atomic E-state index is -0.716. The summed E-state index contributed by atoms with van der Waals surface area (Å²) in [6.45, 7) is 6.97. The van der Waals surface area contributed by atoms with Crippen LogP contribution in [0.25, 0.3) is 0 Å². The number of hydrogen-bond donors (Lipinski definition) is 2. The summed E-state index contributed by atoms with van der Waals surface area (Å²) in [7, 11) is 3.27. The van der Waals surface area contributed by atoms with Crippen LogP contribution in [0.2, 0.25) is 0 Å². The molecule has 0 radical (unpaired) electrons. The molecule has 3 amide bonds. The first-order valence-electron chi connectivity index (χ1n) is 13.1. The number of likely N-dealkylation sites (tertiary alicyclic amines) is 1. The largest absolute Gasteiger partial charge is 0.442 e. The van der Waals surface area contributed by atoms with Gasteiger partial charge in [0.05, 0.1) is 31.0 Å². The topological polar surface area (TPSA) is 107 Å². The van der Waals surface area contributed by atoms with E-state index in [4.69, 9.17) is 4.74 Å². The lowest BCUT2D eigenvalue weighted by molar-refractivity contribution is -0.108. The van der Waals surface area contributed by atoms with E-state index in [2.05, 4.69) is 22.2 Å². The molecule has 4 rings (SSSR count). The molecule has 2 N–H and O–H groups in total. The third-order valence-corrected chi connectivity index (χ3v) is 7.26. The fourth-order valence-corrected chi connectivity index (χ4v) is 4.77. The Morgan fingerprint density at radius 3 is 2.48 bits per heavy atom. The van der Waals surface area contributed by atoms with Crippen LogP contribution < -0.4 is 20.4 Å². The zero-order valence-electron chi connectivity index (χ0n) is 22.8. The number of likely N-dealkylation sites (N-methyl/N-ethyl adjacent to an activating group) is 1. The quantitative estimate of drug-likeness (QED) is 0.433. The number of aromatic nitrogens is 1. The molecular weight excluding hydrogens is 522 g/mol. The van der Waals surface area contributed by atoms with E-state index in [-0.39, 0.29) is 43.6 Å². The van der Waals surface area contributed by atoms with Gasteiger partial charge in [-0.05, 0) is 37.6 Å². The summed E-state index contributed by atoms with van der Waals surface area (Å²) in [4.78, 5) is 44.8. The third-order valence-electron chi connectivity index (χ3n) is 7.26. The molecule has 0 saturated carbocycles. The summed E-state index contributed by atoms with van der Waals surface area (Å²) in [5.41, 5.74) is 2.18. The van der Waals surface area contributed by atoms with Crippen LogP contribution >= 0.6 is 0 Å². The van der Waals surface area contributed by atoms with Crippen molar-refractivity contribution in [3.63, 3.8) is 0 Å². The molecule has 40 heavy (non-hydrogen) atoms. The Morgan fingerprint density at radius 2 is 1.90 bits per heavy atom. The van der Waals surface area contributed by atoms with Gasteiger partial charge in [0.25, 0.3) is 0 Å². The van der Waals surface area contributed by atoms with E-state index >= 15 is 8.78 Å². The van der Waals surface area contributed by atoms with E-state index < -0.39 is 29.7 Å². The number of alkyl carbamates (subject to hydrolysis) is 1. The van der Waals surface area contributed by atoms with Crippen molar-refractivity contribution in [1.29, 1.82) is 0 Å². The predicted molar refractivity (Wildman–Crippen MR) is 146 cm³/mol. The predicted octanol–water partition coefficient (Wildman–Crippen LogP) is 3.32. The van der Waals surface area contributed by atoms with Crippen molar-refractivity contribution in [3.05, 3.63) is 65.6 Å². The summed E-state index contributed by atoms with van der Waals surface area (Å²) in [6, 6.07) is 5.69. The monoisotopic (exact) mass is 556 g/mol. The molecule has 2 fully saturated rings. The second kappa shape index (κ2) is 12.3. The molecule has 1 aromatic carbocycles. The number of aldehydes is 1. The average Bonchev–Trinajstić information content (AvgIpc) is 2.88. The second-order valence-electron chi connectivity index (χ2n) is 10.1. The van der Waals surface area contributed by atoms with E-state index in [1.807, 2.05) is 19.1 Å². The van der Waals surface area contributed by atoms with Crippen molar-refractivity contribution in [2.45, 2.75) is 37.8 Å². The van der Waals surface area contributed by atoms with Crippen LogP contribution in [0.15, 0.2) is 42.7 Å². The molecule has 2 aromatic rings. The normalized spacial score (nSPS) is 15.9. The van der Waals surface area contributed by atoms with E-state index in [1.165, 1.54) is 17.0 Å². The molecule has 0 aliphatic carbocycles. The van der Waals surface area contributed by atoms with Crippen molar-refractivity contribution < 1.29 is 27.9 Å². The smallest absolute Gasteiger partial charge is 0.407 e. The molecule has 1 unspecified atom stereocenters. The zero-order chi connectivity index (χ0) is 29.0. The van der Waals surface area contributed by atoms with Gasteiger partial charge in [0, 0.05) is 62.2 Å². The van der Waals surface area contributed by atoms with Crippen LogP contribution in [0.3, 0.4) is 0 Å². The fraction of sp³-hybridized carbons (Fsp3) is 0.429. The molecule has 1 atom stereocenters. The molecule has 2 aliphatic heterocycles. The number of benzene rings is 1. The highest BCUT2D eigenvalue weighted by Crippen LogP contribution is 2.34. The van der Waals surface area contributed by atoms with Crippen molar-refractivity contribution in [3.8, 4) is 0 Å². The van der Waals surface area contributed by atoms with Gasteiger partial charge in [-0.1, -0.05) is 6.58 Å². The van der Waals surface area contributed by atoms with Crippen LogP contribution in [-0.4, -0.2) is 80.7 Å². The van der Waals surface area contributed by atoms with Gasteiger partial charge in [0.15, 0.2) is 0 Å². The number of ether oxygens (including phenoxy) is 1. The number of hydrogen-bond acceptors (Lipinski definition) is 7. The molecule has 0 bridgehead atoms. The number of nitrogens with zero attached hydrogens (tertiary/aromatic N) is 4. The first-order valence-corrected chi connectivity index (χ1v) is 13.1. The van der Waals surface area contributed by atoms with Crippen LogP contribution in [0.1, 0.15) is 30.0 Å². The number of carbonyl (C=O) groups excluding carboxylic acids is 3. The number of carbonyl (C=O) groups is 3. The Hall–Kier alpha value is -4.22. The summed E-state index contributed by atoms with van der Waals surface area (Å²) in [6.07, 6.45) is 1.71. The second-order valence-corrected chi connectivity index (χ2v) is 10.1. The number of pyridine rings is 1. The molecule has 3 heterocycles. The lowest BCUT2D eigenvalue weighted by atomic mass is 9.90. The number of allylic oxidation sites excluding steroid dienone is 1. The first kappa shape index (κ1) is 28.8. The summed E-state index contributed by atoms with van der Waals surface area (Å²) >= 11 is 0. The number of anilines is 2. The van der Waals surface area contributed by atoms with Gasteiger partial charge in [-0.25, -0.2) is 18.4 Å². The van der Waals surface area contributed by atoms with Gasteiger partial charge in [0.1, 0.15) is 24.0 Å². The Bertz CT molecular complexity index is 1240. The van der Waals surface area contributed by atoms with Crippen molar-refractivity contribution in [2.24, 2.45) is 0 Å². The lowest BCUT2D eigenvalue weighted by Crippen LogP contribution is -2.62. The highest BCUT2D eigenvalue weighted by atomic mass is 19.1. The standard InChI is InChI=1S/C28H34F2N6O4/c1-17-7-8-20(12-32-17)34(4)28(39)36-15-22(16-36)40-27(38)33-19-13-35(14-19)21-10-24(29)26(25(30)11-21)23(6-5-9-37)18(2)31-3/h7-12,19,22-23,31H,2,5-6,13-16H2,1,3-4H3,(H,33,38). The maximum absolute atomic E-state index is 15.0.